The summed E-state index contributed by atoms with van der Waals surface area (Å²) < 4.78 is 27.0. The predicted octanol–water partition coefficient (Wildman–Crippen LogP) is 3.58. The fraction of sp³-hybridized carbons (Fsp3) is 0.318. The second kappa shape index (κ2) is 11.5. The van der Waals surface area contributed by atoms with Gasteiger partial charge in [-0.3, -0.25) is 8.98 Å². The van der Waals surface area contributed by atoms with E-state index in [9.17, 15) is 23.4 Å². The van der Waals surface area contributed by atoms with E-state index < -0.39 is 34.2 Å². The van der Waals surface area contributed by atoms with Gasteiger partial charge < -0.3 is 15.5 Å². The van der Waals surface area contributed by atoms with Gasteiger partial charge in [0.05, 0.1) is 27.5 Å². The molecule has 0 aliphatic heterocycles. The average molecular weight is 608 g/mol. The van der Waals surface area contributed by atoms with Crippen LogP contribution in [-0.2, 0) is 14.5 Å². The van der Waals surface area contributed by atoms with Crippen molar-refractivity contribution in [1.82, 2.24) is 9.97 Å². The van der Waals surface area contributed by atoms with E-state index in [1.54, 1.807) is 12.1 Å². The third-order valence-corrected chi connectivity index (χ3v) is 8.32. The minimum absolute atomic E-state index is 0.154. The summed E-state index contributed by atoms with van der Waals surface area (Å²) in [5.41, 5.74) is 0.794. The molecule has 2 heterocycles. The minimum Gasteiger partial charge on any atom is -0.393 e. The lowest BCUT2D eigenvalue weighted by molar-refractivity contribution is 0.101. The van der Waals surface area contributed by atoms with Gasteiger partial charge in [0.2, 0.25) is 5.78 Å². The van der Waals surface area contributed by atoms with Gasteiger partial charge in [-0.25, -0.2) is 15.1 Å². The van der Waals surface area contributed by atoms with Crippen LogP contribution in [0.15, 0.2) is 36.8 Å². The summed E-state index contributed by atoms with van der Waals surface area (Å²) in [4.78, 5) is 21.7. The number of aliphatic hydroxyl groups is 2. The number of aliphatic hydroxyl groups excluding tert-OH is 2. The van der Waals surface area contributed by atoms with E-state index in [0.29, 0.717) is 27.6 Å². The smallest absolute Gasteiger partial charge is 0.333 e. The molecule has 0 radical (unpaired) electrons. The predicted molar refractivity (Wildman–Crippen MR) is 141 cm³/mol. The monoisotopic (exact) mass is 606 g/mol. The van der Waals surface area contributed by atoms with Crippen LogP contribution < -0.4 is 10.5 Å². The molecule has 2 aromatic heterocycles. The molecule has 1 aliphatic carbocycles. The van der Waals surface area contributed by atoms with Crippen LogP contribution in [0.5, 0.6) is 0 Å². The van der Waals surface area contributed by atoms with Gasteiger partial charge >= 0.3 is 10.3 Å². The van der Waals surface area contributed by atoms with Crippen LogP contribution in [0.4, 0.5) is 5.82 Å². The van der Waals surface area contributed by atoms with Crippen molar-refractivity contribution in [3.63, 3.8) is 0 Å². The molecule has 1 aromatic carbocycles. The summed E-state index contributed by atoms with van der Waals surface area (Å²) in [5, 5.41) is 29.8. The summed E-state index contributed by atoms with van der Waals surface area (Å²) in [5.74, 6) is -0.678. The van der Waals surface area contributed by atoms with E-state index in [4.69, 9.17) is 39.9 Å². The number of nitrogens with two attached hydrogens (primary N) is 1. The van der Waals surface area contributed by atoms with Crippen LogP contribution in [0.25, 0.3) is 0 Å². The van der Waals surface area contributed by atoms with Crippen LogP contribution in [0, 0.1) is 5.92 Å². The number of ketones is 1. The summed E-state index contributed by atoms with van der Waals surface area (Å²) in [6.45, 7) is -0.261. The zero-order valence-electron chi connectivity index (χ0n) is 18.8. The standard InChI is InChI=1S/C22H21Cl3N4O6S2/c23-11-1-2-16(24)13(4-11)19(31)14-6-18(36-21(14)25)20(32)15-7-27-9-28-22(15)29-12-3-10(17(30)5-12)8-35-37(26,33)34/h1-2,4,6-7,9-10,12,17,19,30-31H,3,5,8H2,(H2,26,33,34)(H,27,28,29)/t10-,12-,17+,19+/m1/s1. The molecule has 198 valence electrons. The Kier molecular flexibility index (Phi) is 8.73. The van der Waals surface area contributed by atoms with Crippen LogP contribution in [-0.4, -0.2) is 53.1 Å². The highest BCUT2D eigenvalue weighted by Gasteiger charge is 2.35. The summed E-state index contributed by atoms with van der Waals surface area (Å²) >= 11 is 19.6. The van der Waals surface area contributed by atoms with Gasteiger partial charge in [0.25, 0.3) is 0 Å². The molecule has 10 nitrogen and oxygen atoms in total. The first kappa shape index (κ1) is 28.1. The van der Waals surface area contributed by atoms with Gasteiger partial charge in [-0.05, 0) is 37.1 Å². The van der Waals surface area contributed by atoms with Gasteiger partial charge in [0.1, 0.15) is 18.2 Å². The molecule has 0 spiro atoms. The number of nitrogens with one attached hydrogen (secondary N) is 1. The highest BCUT2D eigenvalue weighted by atomic mass is 35.5. The summed E-state index contributed by atoms with van der Waals surface area (Å²) in [7, 11) is -4.13. The average Bonchev–Trinajstić information content (AvgIpc) is 3.40. The Morgan fingerprint density at radius 3 is 2.73 bits per heavy atom. The lowest BCUT2D eigenvalue weighted by Crippen LogP contribution is -2.24. The molecule has 1 aliphatic rings. The topological polar surface area (TPSA) is 165 Å². The first-order chi connectivity index (χ1) is 17.4. The maximum absolute atomic E-state index is 13.4. The molecule has 37 heavy (non-hydrogen) atoms. The van der Waals surface area contributed by atoms with Gasteiger partial charge in [-0.1, -0.05) is 34.8 Å². The summed E-state index contributed by atoms with van der Waals surface area (Å²) in [6, 6.07) is 5.83. The van der Waals surface area contributed by atoms with Crippen LogP contribution in [0.2, 0.25) is 14.4 Å². The van der Waals surface area contributed by atoms with E-state index in [2.05, 4.69) is 19.5 Å². The third kappa shape index (κ3) is 6.77. The lowest BCUT2D eigenvalue weighted by Gasteiger charge is -2.15. The molecule has 4 rings (SSSR count). The lowest BCUT2D eigenvalue weighted by atomic mass is 10.0. The second-order valence-corrected chi connectivity index (χ2v) is 12.2. The van der Waals surface area contributed by atoms with Crippen molar-refractivity contribution in [2.45, 2.75) is 31.1 Å². The second-order valence-electron chi connectivity index (χ2n) is 8.44. The highest BCUT2D eigenvalue weighted by Crippen LogP contribution is 2.39. The van der Waals surface area contributed by atoms with Crippen molar-refractivity contribution in [2.75, 3.05) is 11.9 Å². The van der Waals surface area contributed by atoms with Crippen LogP contribution in [0.3, 0.4) is 0 Å². The van der Waals surface area contributed by atoms with Crippen LogP contribution >= 0.6 is 46.1 Å². The molecule has 4 atom stereocenters. The molecule has 1 saturated carbocycles. The third-order valence-electron chi connectivity index (χ3n) is 5.89. The van der Waals surface area contributed by atoms with Crippen molar-refractivity contribution in [3.05, 3.63) is 72.7 Å². The van der Waals surface area contributed by atoms with Gasteiger partial charge in [-0.15, -0.1) is 11.3 Å². The number of carbonyl (C=O) groups excluding carboxylic acids is 1. The Morgan fingerprint density at radius 1 is 1.24 bits per heavy atom. The molecular formula is C22H21Cl3N4O6S2. The molecule has 0 saturated heterocycles. The Balaban J connectivity index is 1.53. The number of rotatable bonds is 9. The van der Waals surface area contributed by atoms with Gasteiger partial charge in [0, 0.05) is 39.3 Å². The minimum atomic E-state index is -4.13. The molecular weight excluding hydrogens is 587 g/mol. The number of carbonyl (C=O) groups is 1. The summed E-state index contributed by atoms with van der Waals surface area (Å²) in [6.07, 6.45) is 1.20. The van der Waals surface area contributed by atoms with E-state index in [-0.39, 0.29) is 39.7 Å². The molecule has 1 fully saturated rings. The Hall–Kier alpha value is -1.87. The highest BCUT2D eigenvalue weighted by molar-refractivity contribution is 7.84. The van der Waals surface area contributed by atoms with Gasteiger partial charge in [-0.2, -0.15) is 8.42 Å². The van der Waals surface area contributed by atoms with Crippen molar-refractivity contribution >= 4 is 68.0 Å². The molecule has 5 N–H and O–H groups in total. The number of benzene rings is 1. The van der Waals surface area contributed by atoms with E-state index in [0.717, 1.165) is 11.3 Å². The number of aromatic nitrogens is 2. The van der Waals surface area contributed by atoms with E-state index in [1.807, 2.05) is 0 Å². The maximum atomic E-state index is 13.4. The maximum Gasteiger partial charge on any atom is 0.333 e. The molecule has 0 amide bonds. The number of thiophene rings is 1. The van der Waals surface area contributed by atoms with Crippen molar-refractivity contribution in [3.8, 4) is 0 Å². The SMILES string of the molecule is NS(=O)(=O)OC[C@H]1C[C@@H](Nc2ncncc2C(=O)c2cc([C@@H](O)c3cc(Cl)ccc3Cl)c(Cl)s2)C[C@@H]1O. The van der Waals surface area contributed by atoms with Crippen LogP contribution in [0.1, 0.15) is 45.3 Å². The largest absolute Gasteiger partial charge is 0.393 e. The Morgan fingerprint density at radius 2 is 2.00 bits per heavy atom. The first-order valence-electron chi connectivity index (χ1n) is 10.8. The molecule has 0 bridgehead atoms. The number of nitrogens with zero attached hydrogens (tertiary/aromatic N) is 2. The van der Waals surface area contributed by atoms with E-state index in [1.165, 1.54) is 24.7 Å². The zero-order chi connectivity index (χ0) is 26.9. The molecule has 15 heteroatoms. The van der Waals surface area contributed by atoms with Crippen molar-refractivity contribution in [2.24, 2.45) is 11.1 Å². The number of hydrogen-bond donors (Lipinski definition) is 4. The molecule has 0 unspecified atom stereocenters. The van der Waals surface area contributed by atoms with E-state index >= 15 is 0 Å². The first-order valence-corrected chi connectivity index (χ1v) is 14.2. The van der Waals surface area contributed by atoms with Crippen molar-refractivity contribution in [1.29, 1.82) is 0 Å². The Labute approximate surface area is 231 Å². The van der Waals surface area contributed by atoms with Gasteiger partial charge in [0.15, 0.2) is 0 Å². The number of halogens is 3. The number of anilines is 1. The zero-order valence-corrected chi connectivity index (χ0v) is 22.7. The van der Waals surface area contributed by atoms with Crippen molar-refractivity contribution < 1.29 is 27.6 Å². The quantitative estimate of drug-likeness (QED) is 0.266. The number of hydrogen-bond acceptors (Lipinski definition) is 10. The normalized spacial score (nSPS) is 20.6. The fourth-order valence-corrected chi connectivity index (χ4v) is 6.13. The Bertz CT molecular complexity index is 1420. The fourth-order valence-electron chi connectivity index (χ4n) is 4.09. The molecule has 3 aromatic rings.